The molecule has 0 aliphatic carbocycles. The molecule has 18 heavy (non-hydrogen) atoms. The van der Waals surface area contributed by atoms with Crippen molar-refractivity contribution in [2.45, 2.75) is 0 Å². The lowest BCUT2D eigenvalue weighted by Crippen LogP contribution is -2.10. The van der Waals surface area contributed by atoms with E-state index in [2.05, 4.69) is 15.9 Å². The first-order valence-electron chi connectivity index (χ1n) is 4.92. The van der Waals surface area contributed by atoms with Crippen molar-refractivity contribution in [1.82, 2.24) is 0 Å². The highest BCUT2D eigenvalue weighted by atomic mass is 79.9. The minimum atomic E-state index is -0.569. The first-order chi connectivity index (χ1) is 8.56. The number of hydrogen-bond acceptors (Lipinski definition) is 3. The molecule has 0 spiro atoms. The van der Waals surface area contributed by atoms with Crippen LogP contribution in [0.1, 0.15) is 9.67 Å². The molecule has 0 fully saturated rings. The maximum atomic E-state index is 13.1. The van der Waals surface area contributed by atoms with Gasteiger partial charge in [0.05, 0.1) is 13.7 Å². The third-order valence-electron chi connectivity index (χ3n) is 2.11. The third kappa shape index (κ3) is 3.31. The fraction of sp³-hybridized carbons (Fsp3) is 0.0833. The van der Waals surface area contributed by atoms with Crippen LogP contribution in [0.2, 0.25) is 5.02 Å². The molecule has 6 heteroatoms. The van der Waals surface area contributed by atoms with Crippen LogP contribution in [0.15, 0.2) is 34.1 Å². The van der Waals surface area contributed by atoms with Crippen molar-refractivity contribution in [2.24, 2.45) is 0 Å². The fourth-order valence-corrected chi connectivity index (χ4v) is 2.68. The second kappa shape index (κ2) is 5.82. The molecule has 94 valence electrons. The van der Waals surface area contributed by atoms with Crippen LogP contribution in [0, 0.1) is 5.82 Å². The standard InChI is InChI=1S/C12H7BrClFO2S/c13-12-4-3-11(18-12)10(16)6-17-7-1-2-8(14)9(15)5-7/h1-5H,6H2. The van der Waals surface area contributed by atoms with Gasteiger partial charge in [0, 0.05) is 6.07 Å². The smallest absolute Gasteiger partial charge is 0.210 e. The minimum absolute atomic E-state index is 0.0239. The van der Waals surface area contributed by atoms with E-state index in [4.69, 9.17) is 16.3 Å². The molecule has 0 amide bonds. The second-order valence-corrected chi connectivity index (χ2v) is 6.26. The molecule has 1 aromatic heterocycles. The highest BCUT2D eigenvalue weighted by Gasteiger charge is 2.10. The van der Waals surface area contributed by atoms with E-state index in [0.717, 1.165) is 9.85 Å². The van der Waals surface area contributed by atoms with E-state index >= 15 is 0 Å². The van der Waals surface area contributed by atoms with Crippen LogP contribution in [-0.4, -0.2) is 12.4 Å². The van der Waals surface area contributed by atoms with Crippen LogP contribution in [0.3, 0.4) is 0 Å². The van der Waals surface area contributed by atoms with Gasteiger partial charge >= 0.3 is 0 Å². The number of benzene rings is 1. The van der Waals surface area contributed by atoms with Crippen molar-refractivity contribution in [3.05, 3.63) is 49.8 Å². The van der Waals surface area contributed by atoms with Gasteiger partial charge in [-0.3, -0.25) is 4.79 Å². The van der Waals surface area contributed by atoms with E-state index in [9.17, 15) is 9.18 Å². The van der Waals surface area contributed by atoms with Gasteiger partial charge in [-0.1, -0.05) is 11.6 Å². The maximum Gasteiger partial charge on any atom is 0.210 e. The van der Waals surface area contributed by atoms with E-state index in [-0.39, 0.29) is 23.2 Å². The average molecular weight is 350 g/mol. The van der Waals surface area contributed by atoms with E-state index in [1.165, 1.54) is 23.5 Å². The zero-order valence-corrected chi connectivity index (χ0v) is 12.1. The lowest BCUT2D eigenvalue weighted by atomic mass is 10.3. The molecule has 0 N–H and O–H groups in total. The Labute approximate surface area is 120 Å². The van der Waals surface area contributed by atoms with Gasteiger partial charge in [-0.15, -0.1) is 11.3 Å². The van der Waals surface area contributed by atoms with Gasteiger partial charge < -0.3 is 4.74 Å². The van der Waals surface area contributed by atoms with Crippen LogP contribution in [0.4, 0.5) is 4.39 Å². The molecule has 0 aliphatic rings. The van der Waals surface area contributed by atoms with Gasteiger partial charge in [-0.25, -0.2) is 4.39 Å². The summed E-state index contributed by atoms with van der Waals surface area (Å²) in [6.07, 6.45) is 0. The van der Waals surface area contributed by atoms with Crippen molar-refractivity contribution < 1.29 is 13.9 Å². The molecule has 0 saturated carbocycles. The topological polar surface area (TPSA) is 26.3 Å². The monoisotopic (exact) mass is 348 g/mol. The maximum absolute atomic E-state index is 13.1. The molecule has 1 heterocycles. The fourth-order valence-electron chi connectivity index (χ4n) is 1.25. The number of ether oxygens (including phenoxy) is 1. The number of thiophene rings is 1. The van der Waals surface area contributed by atoms with E-state index < -0.39 is 5.82 Å². The van der Waals surface area contributed by atoms with E-state index in [1.807, 2.05) is 0 Å². The largest absolute Gasteiger partial charge is 0.485 e. The van der Waals surface area contributed by atoms with Crippen molar-refractivity contribution in [1.29, 1.82) is 0 Å². The van der Waals surface area contributed by atoms with Gasteiger partial charge in [-0.2, -0.15) is 0 Å². The Morgan fingerprint density at radius 3 is 2.78 bits per heavy atom. The summed E-state index contributed by atoms with van der Waals surface area (Å²) in [7, 11) is 0. The lowest BCUT2D eigenvalue weighted by Gasteiger charge is -2.05. The summed E-state index contributed by atoms with van der Waals surface area (Å²) >= 11 is 10.1. The first kappa shape index (κ1) is 13.5. The number of hydrogen-bond donors (Lipinski definition) is 0. The Morgan fingerprint density at radius 1 is 1.39 bits per heavy atom. The molecular formula is C12H7BrClFO2S. The summed E-state index contributed by atoms with van der Waals surface area (Å²) in [4.78, 5) is 12.3. The Morgan fingerprint density at radius 2 is 2.17 bits per heavy atom. The number of carbonyl (C=O) groups excluding carboxylic acids is 1. The van der Waals surface area contributed by atoms with Crippen molar-refractivity contribution >= 4 is 44.7 Å². The highest BCUT2D eigenvalue weighted by Crippen LogP contribution is 2.23. The van der Waals surface area contributed by atoms with Crippen LogP contribution in [0.5, 0.6) is 5.75 Å². The predicted molar refractivity (Wildman–Crippen MR) is 73.3 cm³/mol. The SMILES string of the molecule is O=C(COc1ccc(Cl)c(F)c1)c1ccc(Br)s1. The Kier molecular flexibility index (Phi) is 4.37. The Balaban J connectivity index is 1.99. The molecule has 2 nitrogen and oxygen atoms in total. The normalized spacial score (nSPS) is 10.4. The summed E-state index contributed by atoms with van der Waals surface area (Å²) < 4.78 is 19.2. The zero-order valence-electron chi connectivity index (χ0n) is 8.95. The minimum Gasteiger partial charge on any atom is -0.485 e. The molecule has 0 unspecified atom stereocenters. The lowest BCUT2D eigenvalue weighted by molar-refractivity contribution is 0.0925. The quantitative estimate of drug-likeness (QED) is 0.756. The van der Waals surface area contributed by atoms with Crippen molar-refractivity contribution in [3.63, 3.8) is 0 Å². The molecule has 1 aromatic carbocycles. The number of Topliss-reactive ketones (excluding diaryl/α,β-unsaturated/α-hetero) is 1. The van der Waals surface area contributed by atoms with E-state index in [1.54, 1.807) is 12.1 Å². The average Bonchev–Trinajstić information content (AvgIpc) is 2.77. The molecular weight excluding hydrogens is 343 g/mol. The zero-order chi connectivity index (χ0) is 13.1. The van der Waals surface area contributed by atoms with Gasteiger partial charge in [0.2, 0.25) is 5.78 Å². The Hall–Kier alpha value is -0.910. The first-order valence-corrected chi connectivity index (χ1v) is 6.91. The van der Waals surface area contributed by atoms with Gasteiger partial charge in [0.25, 0.3) is 0 Å². The second-order valence-electron chi connectivity index (χ2n) is 3.39. The molecule has 0 bridgehead atoms. The Bertz CT molecular complexity index is 585. The molecule has 0 saturated heterocycles. The summed E-state index contributed by atoms with van der Waals surface area (Å²) in [6, 6.07) is 7.56. The highest BCUT2D eigenvalue weighted by molar-refractivity contribution is 9.11. The third-order valence-corrected chi connectivity index (χ3v) is 4.08. The molecule has 2 rings (SSSR count). The van der Waals surface area contributed by atoms with Crippen LogP contribution in [0.25, 0.3) is 0 Å². The van der Waals surface area contributed by atoms with Gasteiger partial charge in [0.1, 0.15) is 11.6 Å². The summed E-state index contributed by atoms with van der Waals surface area (Å²) in [5, 5.41) is 0.0239. The molecule has 0 radical (unpaired) electrons. The number of ketones is 1. The summed E-state index contributed by atoms with van der Waals surface area (Å²) in [6.45, 7) is -0.131. The summed E-state index contributed by atoms with van der Waals surface area (Å²) in [5.41, 5.74) is 0. The summed E-state index contributed by atoms with van der Waals surface area (Å²) in [5.74, 6) is -0.442. The number of halogens is 3. The van der Waals surface area contributed by atoms with E-state index in [0.29, 0.717) is 4.88 Å². The van der Waals surface area contributed by atoms with Gasteiger partial charge in [0.15, 0.2) is 6.61 Å². The number of carbonyl (C=O) groups is 1. The predicted octanol–water partition coefficient (Wildman–Crippen LogP) is 4.56. The van der Waals surface area contributed by atoms with Crippen LogP contribution in [-0.2, 0) is 0 Å². The van der Waals surface area contributed by atoms with Crippen LogP contribution >= 0.6 is 38.9 Å². The van der Waals surface area contributed by atoms with Crippen LogP contribution < -0.4 is 4.74 Å². The molecule has 0 aliphatic heterocycles. The van der Waals surface area contributed by atoms with Gasteiger partial charge in [-0.05, 0) is 40.2 Å². The molecule has 0 atom stereocenters. The number of rotatable bonds is 4. The molecule has 2 aromatic rings. The van der Waals surface area contributed by atoms with Crippen molar-refractivity contribution in [3.8, 4) is 5.75 Å². The van der Waals surface area contributed by atoms with Crippen molar-refractivity contribution in [2.75, 3.05) is 6.61 Å².